The van der Waals surface area contributed by atoms with Gasteiger partial charge in [0.2, 0.25) is 0 Å². The van der Waals surface area contributed by atoms with E-state index in [9.17, 15) is 14.4 Å². The summed E-state index contributed by atoms with van der Waals surface area (Å²) >= 11 is 0. The maximum absolute atomic E-state index is 11.2. The van der Waals surface area contributed by atoms with Crippen LogP contribution in [0.2, 0.25) is 0 Å². The van der Waals surface area contributed by atoms with Crippen LogP contribution in [0.25, 0.3) is 0 Å². The Labute approximate surface area is 83.6 Å². The van der Waals surface area contributed by atoms with Gasteiger partial charge >= 0.3 is 11.7 Å². The molecule has 1 unspecified atom stereocenters. The number of aromatic amines is 1. The van der Waals surface area contributed by atoms with Crippen molar-refractivity contribution in [1.82, 2.24) is 9.55 Å². The summed E-state index contributed by atoms with van der Waals surface area (Å²) in [5.74, 6) is -1.39. The molecule has 0 aliphatic heterocycles. The first-order valence-corrected chi connectivity index (χ1v) is 4.17. The third-order valence-electron chi connectivity index (χ3n) is 1.70. The van der Waals surface area contributed by atoms with Crippen molar-refractivity contribution >= 4 is 5.97 Å². The summed E-state index contributed by atoms with van der Waals surface area (Å²) in [5, 5.41) is 17.8. The topological polar surface area (TPSA) is 112 Å². The Morgan fingerprint density at radius 2 is 2.20 bits per heavy atom. The first-order valence-electron chi connectivity index (χ1n) is 4.17. The molecule has 0 aliphatic rings. The van der Waals surface area contributed by atoms with Gasteiger partial charge < -0.3 is 10.2 Å². The van der Waals surface area contributed by atoms with Crippen LogP contribution in [0.1, 0.15) is 17.4 Å². The third-order valence-corrected chi connectivity index (χ3v) is 1.70. The summed E-state index contributed by atoms with van der Waals surface area (Å²) in [6.45, 7) is 1.22. The van der Waals surface area contributed by atoms with Crippen molar-refractivity contribution in [3.63, 3.8) is 0 Å². The zero-order chi connectivity index (χ0) is 11.6. The third kappa shape index (κ3) is 2.53. The monoisotopic (exact) mass is 214 g/mol. The molecule has 3 N–H and O–H groups in total. The van der Waals surface area contributed by atoms with Gasteiger partial charge in [0.05, 0.1) is 12.6 Å². The molecule has 0 aromatic carbocycles. The molecule has 0 aliphatic carbocycles. The van der Waals surface area contributed by atoms with E-state index >= 15 is 0 Å². The van der Waals surface area contributed by atoms with Crippen LogP contribution in [0.15, 0.2) is 15.7 Å². The van der Waals surface area contributed by atoms with Crippen LogP contribution in [0, 0.1) is 0 Å². The molecule has 82 valence electrons. The van der Waals surface area contributed by atoms with Crippen LogP contribution < -0.4 is 11.2 Å². The van der Waals surface area contributed by atoms with Gasteiger partial charge in [-0.1, -0.05) is 0 Å². The molecule has 0 spiro atoms. The van der Waals surface area contributed by atoms with Gasteiger partial charge in [-0.05, 0) is 6.92 Å². The molecule has 7 heteroatoms. The van der Waals surface area contributed by atoms with E-state index in [2.05, 4.69) is 0 Å². The Bertz CT molecular complexity index is 485. The van der Waals surface area contributed by atoms with Crippen molar-refractivity contribution in [2.45, 2.75) is 19.6 Å². The highest BCUT2D eigenvalue weighted by Crippen LogP contribution is 1.94. The number of nitrogens with zero attached hydrogens (tertiary/aromatic N) is 1. The molecule has 1 rings (SSSR count). The summed E-state index contributed by atoms with van der Waals surface area (Å²) < 4.78 is 0.800. The second-order valence-corrected chi connectivity index (χ2v) is 3.09. The van der Waals surface area contributed by atoms with Gasteiger partial charge in [-0.2, -0.15) is 0 Å². The number of aromatic nitrogens is 2. The summed E-state index contributed by atoms with van der Waals surface area (Å²) in [5.41, 5.74) is -2.07. The molecule has 1 atom stereocenters. The molecular formula is C8H10N2O5. The van der Waals surface area contributed by atoms with E-state index in [-0.39, 0.29) is 6.54 Å². The van der Waals surface area contributed by atoms with E-state index < -0.39 is 29.0 Å². The largest absolute Gasteiger partial charge is 0.477 e. The molecular weight excluding hydrogens is 204 g/mol. The van der Waals surface area contributed by atoms with E-state index in [0.29, 0.717) is 0 Å². The summed E-state index contributed by atoms with van der Waals surface area (Å²) in [4.78, 5) is 34.7. The molecule has 0 saturated heterocycles. The molecule has 7 nitrogen and oxygen atoms in total. The maximum atomic E-state index is 11.2. The van der Waals surface area contributed by atoms with Gasteiger partial charge in [0.25, 0.3) is 5.56 Å². The zero-order valence-corrected chi connectivity index (χ0v) is 7.93. The number of aromatic carboxylic acids is 1. The average molecular weight is 214 g/mol. The van der Waals surface area contributed by atoms with Crippen molar-refractivity contribution in [3.8, 4) is 0 Å². The highest BCUT2D eigenvalue weighted by molar-refractivity contribution is 5.85. The average Bonchev–Trinajstić information content (AvgIpc) is 2.08. The van der Waals surface area contributed by atoms with Gasteiger partial charge in [-0.3, -0.25) is 14.3 Å². The molecule has 0 fully saturated rings. The van der Waals surface area contributed by atoms with Crippen LogP contribution >= 0.6 is 0 Å². The fraction of sp³-hybridized carbons (Fsp3) is 0.375. The Kier molecular flexibility index (Phi) is 3.05. The number of rotatable bonds is 3. The molecule has 0 radical (unpaired) electrons. The predicted molar refractivity (Wildman–Crippen MR) is 50.0 cm³/mol. The highest BCUT2D eigenvalue weighted by atomic mass is 16.4. The Hall–Kier alpha value is -1.89. The molecule has 0 amide bonds. The van der Waals surface area contributed by atoms with Gasteiger partial charge in [0.15, 0.2) is 0 Å². The lowest BCUT2D eigenvalue weighted by Gasteiger charge is -2.09. The van der Waals surface area contributed by atoms with Gasteiger partial charge in [-0.25, -0.2) is 9.59 Å². The van der Waals surface area contributed by atoms with E-state index in [1.165, 1.54) is 6.92 Å². The number of H-pyrrole nitrogens is 1. The smallest absolute Gasteiger partial charge is 0.352 e. The number of carboxylic acids is 1. The number of carboxylic acid groups (broad SMARTS) is 1. The second kappa shape index (κ2) is 4.09. The Morgan fingerprint density at radius 3 is 2.67 bits per heavy atom. The minimum absolute atomic E-state index is 0.183. The van der Waals surface area contributed by atoms with E-state index in [1.807, 2.05) is 4.98 Å². The van der Waals surface area contributed by atoms with Crippen molar-refractivity contribution in [2.75, 3.05) is 0 Å². The normalized spacial score (nSPS) is 12.4. The minimum atomic E-state index is -1.39. The number of aliphatic hydroxyl groups excluding tert-OH is 1. The number of hydrogen-bond acceptors (Lipinski definition) is 4. The number of nitrogens with one attached hydrogen (secondary N) is 1. The van der Waals surface area contributed by atoms with E-state index in [0.717, 1.165) is 10.6 Å². The van der Waals surface area contributed by atoms with Gasteiger partial charge in [-0.15, -0.1) is 0 Å². The molecule has 1 aromatic heterocycles. The van der Waals surface area contributed by atoms with E-state index in [4.69, 9.17) is 10.2 Å². The lowest BCUT2D eigenvalue weighted by Crippen LogP contribution is -2.36. The summed E-state index contributed by atoms with van der Waals surface area (Å²) in [6.07, 6.45) is -0.883. The first kappa shape index (κ1) is 11.2. The Balaban J connectivity index is 3.40. The fourth-order valence-corrected chi connectivity index (χ4v) is 1.14. The second-order valence-electron chi connectivity index (χ2n) is 3.09. The molecule has 0 saturated carbocycles. The summed E-state index contributed by atoms with van der Waals surface area (Å²) in [7, 11) is 0. The van der Waals surface area contributed by atoms with Crippen molar-refractivity contribution in [1.29, 1.82) is 0 Å². The summed E-state index contributed by atoms with van der Waals surface area (Å²) in [6, 6.07) is 0.798. The quantitative estimate of drug-likeness (QED) is 0.573. The van der Waals surface area contributed by atoms with Crippen molar-refractivity contribution < 1.29 is 15.0 Å². The molecule has 15 heavy (non-hydrogen) atoms. The minimum Gasteiger partial charge on any atom is -0.477 e. The molecule has 1 heterocycles. The number of carbonyl (C=O) groups is 1. The van der Waals surface area contributed by atoms with Crippen LogP contribution in [0.5, 0.6) is 0 Å². The Morgan fingerprint density at radius 1 is 1.60 bits per heavy atom. The lowest BCUT2D eigenvalue weighted by atomic mass is 10.3. The van der Waals surface area contributed by atoms with Crippen LogP contribution in [-0.4, -0.2) is 31.8 Å². The fourth-order valence-electron chi connectivity index (χ4n) is 1.14. The van der Waals surface area contributed by atoms with Gasteiger partial charge in [0.1, 0.15) is 5.69 Å². The van der Waals surface area contributed by atoms with Gasteiger partial charge in [0, 0.05) is 6.07 Å². The van der Waals surface area contributed by atoms with Crippen molar-refractivity contribution in [2.24, 2.45) is 0 Å². The van der Waals surface area contributed by atoms with E-state index in [1.54, 1.807) is 0 Å². The zero-order valence-electron chi connectivity index (χ0n) is 7.93. The first-order chi connectivity index (χ1) is 6.91. The van der Waals surface area contributed by atoms with Crippen LogP contribution in [-0.2, 0) is 6.54 Å². The maximum Gasteiger partial charge on any atom is 0.352 e. The van der Waals surface area contributed by atoms with Crippen molar-refractivity contribution in [3.05, 3.63) is 32.6 Å². The molecule has 1 aromatic rings. The predicted octanol–water partition coefficient (Wildman–Crippen LogP) is -1.38. The SMILES string of the molecule is CC(O)Cn1c(C(=O)O)cc(=O)[nH]c1=O. The number of hydrogen-bond donors (Lipinski definition) is 3. The molecule has 0 bridgehead atoms. The van der Waals surface area contributed by atoms with Crippen LogP contribution in [0.4, 0.5) is 0 Å². The standard InChI is InChI=1S/C8H10N2O5/c1-4(11)3-10-5(7(13)14)2-6(12)9-8(10)15/h2,4,11H,3H2,1H3,(H,13,14)(H,9,12,15). The lowest BCUT2D eigenvalue weighted by molar-refractivity contribution is 0.0677. The number of aliphatic hydroxyl groups is 1. The highest BCUT2D eigenvalue weighted by Gasteiger charge is 2.13. The van der Waals surface area contributed by atoms with Crippen LogP contribution in [0.3, 0.4) is 0 Å².